The fraction of sp³-hybridized carbons (Fsp3) is 0.421. The number of halogens is 4. The number of alkyl halides is 3. The maximum atomic E-state index is 13.0. The third-order valence-electron chi connectivity index (χ3n) is 4.50. The highest BCUT2D eigenvalue weighted by molar-refractivity contribution is 5.48. The summed E-state index contributed by atoms with van der Waals surface area (Å²) in [6.07, 6.45) is -1.77. The van der Waals surface area contributed by atoms with Crippen molar-refractivity contribution in [1.82, 2.24) is 9.88 Å². The lowest BCUT2D eigenvalue weighted by Gasteiger charge is -2.17. The average Bonchev–Trinajstić information content (AvgIpc) is 3.11. The van der Waals surface area contributed by atoms with Gasteiger partial charge < -0.3 is 10.2 Å². The van der Waals surface area contributed by atoms with Crippen molar-refractivity contribution in [2.75, 3.05) is 31.5 Å². The van der Waals surface area contributed by atoms with Crippen molar-refractivity contribution < 1.29 is 17.6 Å². The Morgan fingerprint density at radius 1 is 1.00 bits per heavy atom. The first-order chi connectivity index (χ1) is 12.4. The van der Waals surface area contributed by atoms with Gasteiger partial charge in [0.05, 0.1) is 0 Å². The number of aromatic nitrogens is 1. The third-order valence-corrected chi connectivity index (χ3v) is 4.50. The highest BCUT2D eigenvalue weighted by Gasteiger charge is 2.33. The van der Waals surface area contributed by atoms with E-state index >= 15 is 0 Å². The molecule has 0 aliphatic carbocycles. The van der Waals surface area contributed by atoms with E-state index < -0.39 is 11.9 Å². The Hall–Kier alpha value is -2.15. The molecule has 1 N–H and O–H groups in total. The summed E-state index contributed by atoms with van der Waals surface area (Å²) in [5, 5.41) is 3.06. The standard InChI is InChI=1S/C19H21F4N3/c20-16-6-3-14(4-7-16)13-15-5-8-17(19(21,22)23)25-18(15)24-9-12-26-10-1-2-11-26/h3-8H,1-2,9-13H2,(H,24,25). The number of rotatable bonds is 6. The van der Waals surface area contributed by atoms with E-state index in [1.165, 1.54) is 18.2 Å². The number of hydrogen-bond donors (Lipinski definition) is 1. The van der Waals surface area contributed by atoms with Crippen LogP contribution in [0.15, 0.2) is 36.4 Å². The van der Waals surface area contributed by atoms with Gasteiger partial charge in [-0.05, 0) is 55.3 Å². The maximum absolute atomic E-state index is 13.0. The van der Waals surface area contributed by atoms with E-state index in [4.69, 9.17) is 0 Å². The minimum Gasteiger partial charge on any atom is -0.369 e. The minimum atomic E-state index is -4.49. The molecule has 1 aromatic heterocycles. The van der Waals surface area contributed by atoms with Gasteiger partial charge in [-0.15, -0.1) is 0 Å². The van der Waals surface area contributed by atoms with Crippen LogP contribution in [0.5, 0.6) is 0 Å². The normalized spacial score (nSPS) is 15.4. The lowest BCUT2D eigenvalue weighted by molar-refractivity contribution is -0.141. The predicted octanol–water partition coefficient (Wildman–Crippen LogP) is 4.34. The Bertz CT molecular complexity index is 723. The number of hydrogen-bond acceptors (Lipinski definition) is 3. The zero-order valence-electron chi connectivity index (χ0n) is 14.3. The minimum absolute atomic E-state index is 0.239. The number of likely N-dealkylation sites (tertiary alicyclic amines) is 1. The molecule has 0 spiro atoms. The van der Waals surface area contributed by atoms with Crippen molar-refractivity contribution in [3.8, 4) is 0 Å². The first-order valence-corrected chi connectivity index (χ1v) is 8.69. The van der Waals surface area contributed by atoms with Gasteiger partial charge in [0.15, 0.2) is 0 Å². The predicted molar refractivity (Wildman–Crippen MR) is 92.6 cm³/mol. The summed E-state index contributed by atoms with van der Waals surface area (Å²) in [7, 11) is 0. The summed E-state index contributed by atoms with van der Waals surface area (Å²) < 4.78 is 52.0. The van der Waals surface area contributed by atoms with Gasteiger partial charge in [0.2, 0.25) is 0 Å². The Morgan fingerprint density at radius 3 is 2.35 bits per heavy atom. The van der Waals surface area contributed by atoms with Crippen molar-refractivity contribution >= 4 is 5.82 Å². The molecule has 0 amide bonds. The van der Waals surface area contributed by atoms with E-state index in [9.17, 15) is 17.6 Å². The molecule has 0 bridgehead atoms. The van der Waals surface area contributed by atoms with Gasteiger partial charge in [-0.3, -0.25) is 0 Å². The highest BCUT2D eigenvalue weighted by Crippen LogP contribution is 2.30. The summed E-state index contributed by atoms with van der Waals surface area (Å²) in [6.45, 7) is 3.36. The number of nitrogens with zero attached hydrogens (tertiary/aromatic N) is 2. The van der Waals surface area contributed by atoms with Gasteiger partial charge in [0.25, 0.3) is 0 Å². The van der Waals surface area contributed by atoms with Gasteiger partial charge in [0.1, 0.15) is 17.3 Å². The molecule has 0 atom stereocenters. The van der Waals surface area contributed by atoms with Crippen molar-refractivity contribution in [2.45, 2.75) is 25.4 Å². The summed E-state index contributed by atoms with van der Waals surface area (Å²) in [6, 6.07) is 8.37. The molecule has 0 saturated carbocycles. The molecular formula is C19H21F4N3. The molecule has 1 aliphatic heterocycles. The van der Waals surface area contributed by atoms with E-state index in [2.05, 4.69) is 15.2 Å². The van der Waals surface area contributed by atoms with Crippen LogP contribution in [0.4, 0.5) is 23.4 Å². The molecule has 7 heteroatoms. The Kier molecular flexibility index (Phi) is 5.76. The zero-order chi connectivity index (χ0) is 18.6. The first kappa shape index (κ1) is 18.6. The van der Waals surface area contributed by atoms with Crippen LogP contribution in [0, 0.1) is 5.82 Å². The molecule has 0 unspecified atom stereocenters. The van der Waals surface area contributed by atoms with Crippen LogP contribution in [0.3, 0.4) is 0 Å². The molecule has 1 saturated heterocycles. The number of pyridine rings is 1. The summed E-state index contributed by atoms with van der Waals surface area (Å²) in [5.74, 6) is -0.105. The molecule has 1 aromatic carbocycles. The second-order valence-corrected chi connectivity index (χ2v) is 6.48. The zero-order valence-corrected chi connectivity index (χ0v) is 14.3. The molecule has 1 aliphatic rings. The number of anilines is 1. The van der Waals surface area contributed by atoms with Crippen LogP contribution in [0.25, 0.3) is 0 Å². The van der Waals surface area contributed by atoms with Crippen molar-refractivity contribution in [3.05, 3.63) is 59.0 Å². The van der Waals surface area contributed by atoms with E-state index in [1.54, 1.807) is 12.1 Å². The summed E-state index contributed by atoms with van der Waals surface area (Å²) >= 11 is 0. The third kappa shape index (κ3) is 4.94. The maximum Gasteiger partial charge on any atom is 0.433 e. The van der Waals surface area contributed by atoms with E-state index in [1.807, 2.05) is 0 Å². The first-order valence-electron chi connectivity index (χ1n) is 8.69. The van der Waals surface area contributed by atoms with Crippen LogP contribution in [-0.2, 0) is 12.6 Å². The smallest absolute Gasteiger partial charge is 0.369 e. The highest BCUT2D eigenvalue weighted by atomic mass is 19.4. The molecule has 1 fully saturated rings. The quantitative estimate of drug-likeness (QED) is 0.770. The molecule has 0 radical (unpaired) electrons. The Balaban J connectivity index is 1.76. The lowest BCUT2D eigenvalue weighted by atomic mass is 10.0. The molecule has 3 nitrogen and oxygen atoms in total. The van der Waals surface area contributed by atoms with Crippen LogP contribution in [0.1, 0.15) is 29.7 Å². The lowest BCUT2D eigenvalue weighted by Crippen LogP contribution is -2.26. The van der Waals surface area contributed by atoms with Crippen molar-refractivity contribution in [1.29, 1.82) is 0 Å². The van der Waals surface area contributed by atoms with E-state index in [0.29, 0.717) is 18.5 Å². The summed E-state index contributed by atoms with van der Waals surface area (Å²) in [4.78, 5) is 6.07. The van der Waals surface area contributed by atoms with Crippen LogP contribution < -0.4 is 5.32 Å². The van der Waals surface area contributed by atoms with Gasteiger partial charge >= 0.3 is 6.18 Å². The van der Waals surface area contributed by atoms with Crippen LogP contribution in [-0.4, -0.2) is 36.1 Å². The SMILES string of the molecule is Fc1ccc(Cc2ccc(C(F)(F)F)nc2NCCN2CCCC2)cc1. The second-order valence-electron chi connectivity index (χ2n) is 6.48. The van der Waals surface area contributed by atoms with Gasteiger partial charge in [-0.25, -0.2) is 9.37 Å². The summed E-state index contributed by atoms with van der Waals surface area (Å²) in [5.41, 5.74) is 0.561. The van der Waals surface area contributed by atoms with Gasteiger partial charge in [-0.1, -0.05) is 18.2 Å². The Morgan fingerprint density at radius 2 is 1.69 bits per heavy atom. The molecule has 140 valence electrons. The van der Waals surface area contributed by atoms with Crippen LogP contribution in [0.2, 0.25) is 0 Å². The van der Waals surface area contributed by atoms with E-state index in [-0.39, 0.29) is 11.6 Å². The van der Waals surface area contributed by atoms with Crippen molar-refractivity contribution in [2.24, 2.45) is 0 Å². The Labute approximate surface area is 150 Å². The molecule has 2 heterocycles. The topological polar surface area (TPSA) is 28.2 Å². The monoisotopic (exact) mass is 367 g/mol. The van der Waals surface area contributed by atoms with E-state index in [0.717, 1.165) is 44.1 Å². The number of nitrogens with one attached hydrogen (secondary N) is 1. The number of benzene rings is 1. The van der Waals surface area contributed by atoms with Crippen molar-refractivity contribution in [3.63, 3.8) is 0 Å². The molecule has 26 heavy (non-hydrogen) atoms. The fourth-order valence-corrected chi connectivity index (χ4v) is 3.10. The van der Waals surface area contributed by atoms with Crippen LogP contribution >= 0.6 is 0 Å². The largest absolute Gasteiger partial charge is 0.433 e. The van der Waals surface area contributed by atoms with Gasteiger partial charge in [0, 0.05) is 19.5 Å². The molecular weight excluding hydrogens is 346 g/mol. The van der Waals surface area contributed by atoms with Gasteiger partial charge in [-0.2, -0.15) is 13.2 Å². The fourth-order valence-electron chi connectivity index (χ4n) is 3.10. The second kappa shape index (κ2) is 8.03. The molecule has 2 aromatic rings. The average molecular weight is 367 g/mol. The molecule has 3 rings (SSSR count).